The van der Waals surface area contributed by atoms with E-state index in [9.17, 15) is 13.6 Å². The maximum Gasteiger partial charge on any atom is 0.282 e. The minimum absolute atomic E-state index is 0.0165. The van der Waals surface area contributed by atoms with Gasteiger partial charge in [-0.05, 0) is 30.2 Å². The van der Waals surface area contributed by atoms with E-state index in [1.165, 1.54) is 37.6 Å². The summed E-state index contributed by atoms with van der Waals surface area (Å²) in [5, 5.41) is 2.77. The van der Waals surface area contributed by atoms with Crippen molar-refractivity contribution in [3.63, 3.8) is 0 Å². The number of amidine groups is 1. The van der Waals surface area contributed by atoms with Crippen molar-refractivity contribution in [2.45, 2.75) is 18.4 Å². The minimum Gasteiger partial charge on any atom is -0.495 e. The van der Waals surface area contributed by atoms with Crippen LogP contribution in [0.5, 0.6) is 5.75 Å². The number of aliphatic imine (C=N–C) groups is 1. The molecule has 3 rings (SSSR count). The molecule has 3 N–H and O–H groups in total. The summed E-state index contributed by atoms with van der Waals surface area (Å²) in [5.41, 5.74) is 6.33. The summed E-state index contributed by atoms with van der Waals surface area (Å²) in [4.78, 5) is 20.1. The molecule has 0 spiro atoms. The monoisotopic (exact) mass is 424 g/mol. The standard InChI is InChI=1S/C19H19ClF2N4O3/c1-28-11-7-14(20)17(25-9-11)18(27)26-10-2-3-15(22)12(6-10)13-8-16(13)29-19(23)24-5-4-21/h2-3,6-7,9,13,16H,4-5,8H2,1H3,(H2,23,24)(H,26,27)/t13-,16-/m1/s1. The molecular formula is C19H19ClF2N4O3. The molecule has 0 radical (unpaired) electrons. The van der Waals surface area contributed by atoms with Crippen LogP contribution in [-0.2, 0) is 4.74 Å². The molecular weight excluding hydrogens is 406 g/mol. The molecule has 154 valence electrons. The summed E-state index contributed by atoms with van der Waals surface area (Å²) in [7, 11) is 1.46. The Labute approximate surface area is 170 Å². The van der Waals surface area contributed by atoms with E-state index in [-0.39, 0.29) is 35.3 Å². The first-order valence-electron chi connectivity index (χ1n) is 8.75. The SMILES string of the molecule is COc1cnc(C(=O)Nc2ccc(F)c([C@H]3C[C@H]3OC(N)=NCCF)c2)c(Cl)c1. The van der Waals surface area contributed by atoms with Crippen LogP contribution < -0.4 is 15.8 Å². The summed E-state index contributed by atoms with van der Waals surface area (Å²) in [6.45, 7) is -0.720. The summed E-state index contributed by atoms with van der Waals surface area (Å²) in [6, 6.07) is 5.56. The fraction of sp³-hybridized carbons (Fsp3) is 0.316. The van der Waals surface area contributed by atoms with Crippen LogP contribution in [0.1, 0.15) is 28.4 Å². The smallest absolute Gasteiger partial charge is 0.282 e. The van der Waals surface area contributed by atoms with Crippen LogP contribution in [0.2, 0.25) is 5.02 Å². The lowest BCUT2D eigenvalue weighted by atomic mass is 10.1. The maximum absolute atomic E-state index is 14.3. The lowest BCUT2D eigenvalue weighted by molar-refractivity contribution is 0.102. The van der Waals surface area contributed by atoms with E-state index in [1.807, 2.05) is 0 Å². The molecule has 1 heterocycles. The number of alkyl halides is 1. The fourth-order valence-electron chi connectivity index (χ4n) is 2.77. The first-order valence-corrected chi connectivity index (χ1v) is 9.13. The fourth-order valence-corrected chi connectivity index (χ4v) is 3.01. The number of ether oxygens (including phenoxy) is 2. The van der Waals surface area contributed by atoms with E-state index in [4.69, 9.17) is 26.8 Å². The summed E-state index contributed by atoms with van der Waals surface area (Å²) < 4.78 is 36.8. The van der Waals surface area contributed by atoms with Gasteiger partial charge in [0, 0.05) is 17.7 Å². The Bertz CT molecular complexity index is 942. The van der Waals surface area contributed by atoms with Crippen molar-refractivity contribution in [1.82, 2.24) is 4.98 Å². The highest BCUT2D eigenvalue weighted by Crippen LogP contribution is 2.45. The van der Waals surface area contributed by atoms with Crippen LogP contribution in [0.15, 0.2) is 35.5 Å². The molecule has 0 unspecified atom stereocenters. The van der Waals surface area contributed by atoms with Crippen molar-refractivity contribution in [1.29, 1.82) is 0 Å². The largest absolute Gasteiger partial charge is 0.495 e. The summed E-state index contributed by atoms with van der Waals surface area (Å²) >= 11 is 6.06. The van der Waals surface area contributed by atoms with E-state index < -0.39 is 18.4 Å². The van der Waals surface area contributed by atoms with E-state index in [1.54, 1.807) is 0 Å². The number of carbonyl (C=O) groups is 1. The van der Waals surface area contributed by atoms with Crippen LogP contribution in [0, 0.1) is 5.82 Å². The number of aromatic nitrogens is 1. The van der Waals surface area contributed by atoms with Crippen LogP contribution in [0.3, 0.4) is 0 Å². The van der Waals surface area contributed by atoms with Crippen molar-refractivity contribution in [3.8, 4) is 5.75 Å². The molecule has 1 aliphatic rings. The summed E-state index contributed by atoms with van der Waals surface area (Å²) in [5.74, 6) is -0.793. The number of halogens is 3. The number of pyridine rings is 1. The van der Waals surface area contributed by atoms with Gasteiger partial charge in [-0.3, -0.25) is 4.79 Å². The maximum atomic E-state index is 14.3. The van der Waals surface area contributed by atoms with Crippen molar-refractivity contribution in [3.05, 3.63) is 52.6 Å². The number of nitrogens with one attached hydrogen (secondary N) is 1. The number of hydrogen-bond donors (Lipinski definition) is 2. The van der Waals surface area contributed by atoms with E-state index in [0.717, 1.165) is 0 Å². The molecule has 1 fully saturated rings. The van der Waals surface area contributed by atoms with Crippen molar-refractivity contribution < 1.29 is 23.0 Å². The zero-order valence-corrected chi connectivity index (χ0v) is 16.2. The number of amides is 1. The van der Waals surface area contributed by atoms with Gasteiger partial charge in [0.05, 0.1) is 24.9 Å². The molecule has 2 atom stereocenters. The van der Waals surface area contributed by atoms with E-state index in [0.29, 0.717) is 23.4 Å². The van der Waals surface area contributed by atoms with Gasteiger partial charge in [0.1, 0.15) is 30.0 Å². The molecule has 10 heteroatoms. The number of nitrogens with zero attached hydrogens (tertiary/aromatic N) is 2. The molecule has 0 saturated heterocycles. The third-order valence-electron chi connectivity index (χ3n) is 4.28. The van der Waals surface area contributed by atoms with Gasteiger partial charge >= 0.3 is 0 Å². The Morgan fingerprint density at radius 3 is 2.93 bits per heavy atom. The second-order valence-electron chi connectivity index (χ2n) is 6.30. The highest BCUT2D eigenvalue weighted by Gasteiger charge is 2.43. The number of methoxy groups -OCH3 is 1. The average molecular weight is 425 g/mol. The molecule has 0 aliphatic heterocycles. The van der Waals surface area contributed by atoms with Gasteiger partial charge in [-0.25, -0.2) is 18.8 Å². The minimum atomic E-state index is -0.637. The number of rotatable bonds is 7. The van der Waals surface area contributed by atoms with Gasteiger partial charge in [0.25, 0.3) is 11.9 Å². The highest BCUT2D eigenvalue weighted by molar-refractivity contribution is 6.34. The predicted molar refractivity (Wildman–Crippen MR) is 105 cm³/mol. The van der Waals surface area contributed by atoms with Gasteiger partial charge in [-0.2, -0.15) is 0 Å². The number of hydrogen-bond acceptors (Lipinski definition) is 5. The summed E-state index contributed by atoms with van der Waals surface area (Å²) in [6.07, 6.45) is 1.56. The number of benzene rings is 1. The second-order valence-corrected chi connectivity index (χ2v) is 6.71. The third kappa shape index (κ3) is 5.11. The van der Waals surface area contributed by atoms with Crippen LogP contribution in [-0.4, -0.2) is 43.3 Å². The zero-order valence-electron chi connectivity index (χ0n) is 15.5. The van der Waals surface area contributed by atoms with Gasteiger partial charge in [-0.15, -0.1) is 0 Å². The normalized spacial score (nSPS) is 18.3. The number of carbonyl (C=O) groups excluding carboxylic acids is 1. The number of anilines is 1. The van der Waals surface area contributed by atoms with Crippen LogP contribution in [0.4, 0.5) is 14.5 Å². The van der Waals surface area contributed by atoms with Crippen molar-refractivity contribution >= 4 is 29.2 Å². The van der Waals surface area contributed by atoms with E-state index >= 15 is 0 Å². The Kier molecular flexibility index (Phi) is 6.48. The Morgan fingerprint density at radius 2 is 2.24 bits per heavy atom. The molecule has 1 aromatic heterocycles. The molecule has 1 saturated carbocycles. The Hall–Kier alpha value is -2.94. The molecule has 1 aromatic carbocycles. The first kappa shape index (κ1) is 20.8. The Morgan fingerprint density at radius 1 is 1.45 bits per heavy atom. The molecule has 0 bridgehead atoms. The Balaban J connectivity index is 1.69. The molecule has 1 aliphatic carbocycles. The topological polar surface area (TPSA) is 98.8 Å². The zero-order chi connectivity index (χ0) is 21.0. The predicted octanol–water partition coefficient (Wildman–Crippen LogP) is 3.29. The van der Waals surface area contributed by atoms with Crippen LogP contribution in [0.25, 0.3) is 0 Å². The molecule has 7 nitrogen and oxygen atoms in total. The third-order valence-corrected chi connectivity index (χ3v) is 4.56. The second kappa shape index (κ2) is 9.04. The number of nitrogens with two attached hydrogens (primary N) is 1. The lowest BCUT2D eigenvalue weighted by Gasteiger charge is -2.10. The molecule has 1 amide bonds. The first-order chi connectivity index (χ1) is 13.9. The average Bonchev–Trinajstić information content (AvgIpc) is 3.46. The quantitative estimate of drug-likeness (QED) is 0.525. The molecule has 29 heavy (non-hydrogen) atoms. The molecule has 2 aromatic rings. The van der Waals surface area contributed by atoms with E-state index in [2.05, 4.69) is 15.3 Å². The van der Waals surface area contributed by atoms with Gasteiger partial charge < -0.3 is 20.5 Å². The van der Waals surface area contributed by atoms with Gasteiger partial charge in [0.15, 0.2) is 0 Å². The van der Waals surface area contributed by atoms with Gasteiger partial charge in [-0.1, -0.05) is 11.6 Å². The van der Waals surface area contributed by atoms with Gasteiger partial charge in [0.2, 0.25) is 0 Å². The van der Waals surface area contributed by atoms with Crippen LogP contribution >= 0.6 is 11.6 Å². The van der Waals surface area contributed by atoms with Crippen molar-refractivity contribution in [2.75, 3.05) is 25.6 Å². The van der Waals surface area contributed by atoms with Crippen molar-refractivity contribution in [2.24, 2.45) is 10.7 Å². The lowest BCUT2D eigenvalue weighted by Crippen LogP contribution is -2.19. The highest BCUT2D eigenvalue weighted by atomic mass is 35.5.